The van der Waals surface area contributed by atoms with Crippen molar-refractivity contribution in [1.82, 2.24) is 9.21 Å². The van der Waals surface area contributed by atoms with Crippen LogP contribution >= 0.6 is 0 Å². The molecule has 2 aromatic carbocycles. The van der Waals surface area contributed by atoms with E-state index in [2.05, 4.69) is 0 Å². The molecule has 0 bridgehead atoms. The van der Waals surface area contributed by atoms with Crippen molar-refractivity contribution in [2.45, 2.75) is 4.90 Å². The Balaban J connectivity index is 1.55. The van der Waals surface area contributed by atoms with E-state index in [0.717, 1.165) is 0 Å². The number of rotatable bonds is 5. The maximum atomic E-state index is 13.5. The third kappa shape index (κ3) is 4.03. The lowest BCUT2D eigenvalue weighted by Gasteiger charge is -2.33. The molecular formula is C18H19FN2O4S. The number of hydrogen-bond acceptors (Lipinski definition) is 4. The zero-order valence-electron chi connectivity index (χ0n) is 14.0. The number of carbonyl (C=O) groups excluding carboxylic acids is 1. The summed E-state index contributed by atoms with van der Waals surface area (Å²) in [6.45, 7) is 0.675. The number of ether oxygens (including phenoxy) is 1. The molecule has 1 aliphatic heterocycles. The zero-order chi connectivity index (χ0) is 18.6. The predicted octanol–water partition coefficient (Wildman–Crippen LogP) is 1.74. The smallest absolute Gasteiger partial charge is 0.260 e. The largest absolute Gasteiger partial charge is 0.481 e. The van der Waals surface area contributed by atoms with Crippen LogP contribution in [0.4, 0.5) is 4.39 Å². The molecule has 138 valence electrons. The van der Waals surface area contributed by atoms with Crippen LogP contribution in [0.15, 0.2) is 59.5 Å². The highest BCUT2D eigenvalue weighted by Gasteiger charge is 2.30. The van der Waals surface area contributed by atoms with E-state index in [4.69, 9.17) is 4.74 Å². The molecule has 0 aliphatic carbocycles. The van der Waals surface area contributed by atoms with Gasteiger partial charge >= 0.3 is 0 Å². The van der Waals surface area contributed by atoms with Crippen LogP contribution in [0, 0.1) is 5.82 Å². The van der Waals surface area contributed by atoms with Gasteiger partial charge in [0.1, 0.15) is 0 Å². The molecule has 0 atom stereocenters. The Hall–Kier alpha value is -2.45. The van der Waals surface area contributed by atoms with Crippen molar-refractivity contribution in [3.8, 4) is 5.75 Å². The van der Waals surface area contributed by atoms with Crippen LogP contribution in [0.2, 0.25) is 0 Å². The Morgan fingerprint density at radius 1 is 0.962 bits per heavy atom. The molecule has 0 unspecified atom stereocenters. The third-order valence-corrected chi connectivity index (χ3v) is 6.07. The minimum Gasteiger partial charge on any atom is -0.481 e. The van der Waals surface area contributed by atoms with Crippen molar-refractivity contribution in [2.24, 2.45) is 0 Å². The van der Waals surface area contributed by atoms with Crippen molar-refractivity contribution in [1.29, 1.82) is 0 Å². The number of nitrogens with zero attached hydrogens (tertiary/aromatic N) is 2. The van der Waals surface area contributed by atoms with Crippen molar-refractivity contribution in [3.05, 3.63) is 60.4 Å². The summed E-state index contributed by atoms with van der Waals surface area (Å²) in [5.41, 5.74) is 0. The molecule has 1 fully saturated rings. The molecule has 2 aromatic rings. The summed E-state index contributed by atoms with van der Waals surface area (Å²) in [4.78, 5) is 14.0. The molecule has 0 aromatic heterocycles. The van der Waals surface area contributed by atoms with E-state index in [0.29, 0.717) is 0 Å². The van der Waals surface area contributed by atoms with Gasteiger partial charge in [-0.2, -0.15) is 4.31 Å². The highest BCUT2D eigenvalue weighted by Crippen LogP contribution is 2.18. The molecule has 0 saturated carbocycles. The number of halogens is 1. The van der Waals surface area contributed by atoms with Gasteiger partial charge < -0.3 is 9.64 Å². The zero-order valence-corrected chi connectivity index (χ0v) is 14.9. The second-order valence-corrected chi connectivity index (χ2v) is 7.75. The Kier molecular flexibility index (Phi) is 5.53. The first-order valence-electron chi connectivity index (χ1n) is 8.19. The summed E-state index contributed by atoms with van der Waals surface area (Å²) in [6.07, 6.45) is 0. The molecule has 6 nitrogen and oxygen atoms in total. The number of sulfonamides is 1. The number of hydrogen-bond donors (Lipinski definition) is 0. The summed E-state index contributed by atoms with van der Waals surface area (Å²) < 4.78 is 45.2. The molecule has 0 spiro atoms. The van der Waals surface area contributed by atoms with Gasteiger partial charge in [-0.25, -0.2) is 12.8 Å². The van der Waals surface area contributed by atoms with Gasteiger partial charge in [-0.05, 0) is 24.3 Å². The molecule has 0 N–H and O–H groups in total. The van der Waals surface area contributed by atoms with E-state index < -0.39 is 15.8 Å². The number of benzene rings is 2. The summed E-state index contributed by atoms with van der Waals surface area (Å²) >= 11 is 0. The maximum Gasteiger partial charge on any atom is 0.260 e. The standard InChI is InChI=1S/C18H19FN2O4S/c19-16-8-4-5-9-17(16)25-14-18(22)20-10-12-21(13-11-20)26(23,24)15-6-2-1-3-7-15/h1-9H,10-14H2. The second-order valence-electron chi connectivity index (χ2n) is 5.82. The van der Waals surface area contributed by atoms with E-state index in [1.54, 1.807) is 36.4 Å². The molecule has 0 radical (unpaired) electrons. The fourth-order valence-corrected chi connectivity index (χ4v) is 4.16. The molecule has 3 rings (SSSR count). The summed E-state index contributed by atoms with van der Waals surface area (Å²) in [6, 6.07) is 14.1. The fraction of sp³-hybridized carbons (Fsp3) is 0.278. The van der Waals surface area contributed by atoms with Crippen LogP contribution in [0.1, 0.15) is 0 Å². The van der Waals surface area contributed by atoms with Gasteiger partial charge in [0.05, 0.1) is 4.90 Å². The number of piperazine rings is 1. The van der Waals surface area contributed by atoms with E-state index in [9.17, 15) is 17.6 Å². The van der Waals surface area contributed by atoms with Crippen LogP contribution in [-0.4, -0.2) is 56.3 Å². The SMILES string of the molecule is O=C(COc1ccccc1F)N1CCN(S(=O)(=O)c2ccccc2)CC1. The minimum absolute atomic E-state index is 0.0196. The van der Waals surface area contributed by atoms with Crippen molar-refractivity contribution in [2.75, 3.05) is 32.8 Å². The highest BCUT2D eigenvalue weighted by molar-refractivity contribution is 7.89. The Morgan fingerprint density at radius 3 is 2.23 bits per heavy atom. The highest BCUT2D eigenvalue weighted by atomic mass is 32.2. The van der Waals surface area contributed by atoms with Crippen molar-refractivity contribution >= 4 is 15.9 Å². The molecular weight excluding hydrogens is 359 g/mol. The summed E-state index contributed by atoms with van der Waals surface area (Å²) in [5.74, 6) is -0.810. The monoisotopic (exact) mass is 378 g/mol. The Bertz CT molecular complexity index is 866. The van der Waals surface area contributed by atoms with Gasteiger partial charge in [-0.15, -0.1) is 0 Å². The number of para-hydroxylation sites is 1. The number of amides is 1. The van der Waals surface area contributed by atoms with Gasteiger partial charge in [0, 0.05) is 26.2 Å². The minimum atomic E-state index is -3.56. The third-order valence-electron chi connectivity index (χ3n) is 4.16. The second kappa shape index (κ2) is 7.84. The van der Waals surface area contributed by atoms with Gasteiger partial charge in [0.15, 0.2) is 18.2 Å². The van der Waals surface area contributed by atoms with Gasteiger partial charge in [-0.1, -0.05) is 30.3 Å². The van der Waals surface area contributed by atoms with E-state index in [1.807, 2.05) is 0 Å². The quantitative estimate of drug-likeness (QED) is 0.795. The maximum absolute atomic E-state index is 13.5. The lowest BCUT2D eigenvalue weighted by atomic mass is 10.3. The van der Waals surface area contributed by atoms with Gasteiger partial charge in [0.2, 0.25) is 10.0 Å². The molecule has 1 saturated heterocycles. The predicted molar refractivity (Wildman–Crippen MR) is 93.7 cm³/mol. The van der Waals surface area contributed by atoms with Crippen LogP contribution in [0.25, 0.3) is 0 Å². The molecule has 1 amide bonds. The molecule has 26 heavy (non-hydrogen) atoms. The lowest BCUT2D eigenvalue weighted by Crippen LogP contribution is -2.51. The van der Waals surface area contributed by atoms with Crippen LogP contribution < -0.4 is 4.74 Å². The molecule has 1 heterocycles. The first-order chi connectivity index (χ1) is 12.5. The van der Waals surface area contributed by atoms with Crippen molar-refractivity contribution < 1.29 is 22.3 Å². The average Bonchev–Trinajstić information content (AvgIpc) is 2.68. The first-order valence-corrected chi connectivity index (χ1v) is 9.63. The summed E-state index contributed by atoms with van der Waals surface area (Å²) in [7, 11) is -3.56. The summed E-state index contributed by atoms with van der Waals surface area (Å²) in [5, 5.41) is 0. The molecule has 8 heteroatoms. The molecule has 1 aliphatic rings. The topological polar surface area (TPSA) is 66.9 Å². The van der Waals surface area contributed by atoms with Crippen molar-refractivity contribution in [3.63, 3.8) is 0 Å². The van der Waals surface area contributed by atoms with E-state index in [-0.39, 0.29) is 49.3 Å². The average molecular weight is 378 g/mol. The van der Waals surface area contributed by atoms with Crippen LogP contribution in [0.5, 0.6) is 5.75 Å². The van der Waals surface area contributed by atoms with Gasteiger partial charge in [0.25, 0.3) is 5.91 Å². The normalized spacial score (nSPS) is 15.7. The van der Waals surface area contributed by atoms with E-state index >= 15 is 0 Å². The van der Waals surface area contributed by atoms with E-state index in [1.165, 1.54) is 27.4 Å². The number of carbonyl (C=O) groups is 1. The fourth-order valence-electron chi connectivity index (χ4n) is 2.71. The Labute approximate surface area is 151 Å². The first kappa shape index (κ1) is 18.3. The van der Waals surface area contributed by atoms with Gasteiger partial charge in [-0.3, -0.25) is 4.79 Å². The van der Waals surface area contributed by atoms with Crippen LogP contribution in [0.3, 0.4) is 0 Å². The Morgan fingerprint density at radius 2 is 1.58 bits per heavy atom. The van der Waals surface area contributed by atoms with Crippen LogP contribution in [-0.2, 0) is 14.8 Å². The lowest BCUT2D eigenvalue weighted by molar-refractivity contribution is -0.134.